The Bertz CT molecular complexity index is 731. The van der Waals surface area contributed by atoms with E-state index in [1.54, 1.807) is 25.1 Å². The summed E-state index contributed by atoms with van der Waals surface area (Å²) in [5.74, 6) is 0.315. The molecule has 0 bridgehead atoms. The van der Waals surface area contributed by atoms with Crippen LogP contribution < -0.4 is 10.5 Å². The number of nitrogens with zero attached hydrogens (tertiary/aromatic N) is 1. The highest BCUT2D eigenvalue weighted by Gasteiger charge is 2.19. The highest BCUT2D eigenvalue weighted by atomic mass is 35.5. The zero-order valence-electron chi connectivity index (χ0n) is 11.1. The average Bonchev–Trinajstić information content (AvgIpc) is 2.40. The van der Waals surface area contributed by atoms with Gasteiger partial charge in [-0.2, -0.15) is 0 Å². The molecule has 0 fully saturated rings. The molecule has 0 aliphatic heterocycles. The first-order valence-electron chi connectivity index (χ1n) is 5.96. The molecule has 0 aliphatic rings. The molecule has 6 nitrogen and oxygen atoms in total. The standard InChI is InChI=1S/C14H12ClN3O3/c1-8-7-9(5-6-10(8)14(16)17)21-13-11(15)3-2-4-12(13)18(19)20/h2-7H,1H3,(H3,16,17). The Morgan fingerprint density at radius 3 is 2.67 bits per heavy atom. The molecule has 108 valence electrons. The summed E-state index contributed by atoms with van der Waals surface area (Å²) in [6.45, 7) is 1.77. The van der Waals surface area contributed by atoms with Gasteiger partial charge in [-0.25, -0.2) is 0 Å². The quantitative estimate of drug-likeness (QED) is 0.389. The van der Waals surface area contributed by atoms with Crippen LogP contribution in [0.5, 0.6) is 11.5 Å². The zero-order valence-corrected chi connectivity index (χ0v) is 11.8. The number of halogens is 1. The Morgan fingerprint density at radius 2 is 2.10 bits per heavy atom. The van der Waals surface area contributed by atoms with Crippen LogP contribution in [0.2, 0.25) is 5.02 Å². The predicted molar refractivity (Wildman–Crippen MR) is 80.4 cm³/mol. The normalized spacial score (nSPS) is 10.2. The second kappa shape index (κ2) is 5.80. The number of ether oxygens (including phenoxy) is 1. The molecule has 0 aliphatic carbocycles. The first kappa shape index (κ1) is 14.8. The third-order valence-electron chi connectivity index (χ3n) is 2.85. The number of rotatable bonds is 4. The number of hydrogen-bond acceptors (Lipinski definition) is 4. The Kier molecular flexibility index (Phi) is 4.09. The molecule has 0 spiro atoms. The number of hydrogen-bond donors (Lipinski definition) is 2. The van der Waals surface area contributed by atoms with E-state index in [1.165, 1.54) is 18.2 Å². The molecule has 0 radical (unpaired) electrons. The van der Waals surface area contributed by atoms with Crippen molar-refractivity contribution in [3.8, 4) is 11.5 Å². The molecular formula is C14H12ClN3O3. The summed E-state index contributed by atoms with van der Waals surface area (Å²) >= 11 is 5.96. The van der Waals surface area contributed by atoms with Crippen LogP contribution in [0.4, 0.5) is 5.69 Å². The van der Waals surface area contributed by atoms with E-state index in [4.69, 9.17) is 27.5 Å². The van der Waals surface area contributed by atoms with Crippen molar-refractivity contribution in [3.63, 3.8) is 0 Å². The number of para-hydroxylation sites is 1. The molecule has 7 heteroatoms. The van der Waals surface area contributed by atoms with Crippen LogP contribution in [-0.4, -0.2) is 10.8 Å². The zero-order chi connectivity index (χ0) is 15.6. The number of nitro benzene ring substituents is 1. The molecule has 0 unspecified atom stereocenters. The van der Waals surface area contributed by atoms with Gasteiger partial charge in [0.1, 0.15) is 11.6 Å². The summed E-state index contributed by atoms with van der Waals surface area (Å²) in [6.07, 6.45) is 0. The monoisotopic (exact) mass is 305 g/mol. The third-order valence-corrected chi connectivity index (χ3v) is 3.15. The van der Waals surface area contributed by atoms with E-state index in [-0.39, 0.29) is 22.3 Å². The Morgan fingerprint density at radius 1 is 1.38 bits per heavy atom. The molecular weight excluding hydrogens is 294 g/mol. The largest absolute Gasteiger partial charge is 0.449 e. The fourth-order valence-corrected chi connectivity index (χ4v) is 2.07. The van der Waals surface area contributed by atoms with E-state index < -0.39 is 4.92 Å². The smallest absolute Gasteiger partial charge is 0.313 e. The summed E-state index contributed by atoms with van der Waals surface area (Å²) in [4.78, 5) is 10.4. The molecule has 2 aromatic carbocycles. The lowest BCUT2D eigenvalue weighted by atomic mass is 10.1. The van der Waals surface area contributed by atoms with Crippen molar-refractivity contribution in [2.24, 2.45) is 5.73 Å². The van der Waals surface area contributed by atoms with E-state index in [0.717, 1.165) is 5.56 Å². The minimum absolute atomic E-state index is 0.0147. The van der Waals surface area contributed by atoms with Crippen molar-refractivity contribution in [1.29, 1.82) is 5.41 Å². The van der Waals surface area contributed by atoms with E-state index >= 15 is 0 Å². The molecule has 2 aromatic rings. The van der Waals surface area contributed by atoms with Crippen LogP contribution in [0, 0.1) is 22.4 Å². The molecule has 0 saturated heterocycles. The van der Waals surface area contributed by atoms with Gasteiger partial charge >= 0.3 is 5.69 Å². The fourth-order valence-electron chi connectivity index (χ4n) is 1.86. The van der Waals surface area contributed by atoms with Gasteiger partial charge in [-0.15, -0.1) is 0 Å². The van der Waals surface area contributed by atoms with Crippen molar-refractivity contribution in [2.45, 2.75) is 6.92 Å². The Hall–Kier alpha value is -2.60. The van der Waals surface area contributed by atoms with Gasteiger partial charge in [0.2, 0.25) is 5.75 Å². The van der Waals surface area contributed by atoms with Crippen LogP contribution in [0.3, 0.4) is 0 Å². The maximum Gasteiger partial charge on any atom is 0.313 e. The van der Waals surface area contributed by atoms with Gasteiger partial charge in [-0.1, -0.05) is 17.7 Å². The number of nitrogens with two attached hydrogens (primary N) is 1. The van der Waals surface area contributed by atoms with Gasteiger partial charge in [0, 0.05) is 11.6 Å². The molecule has 3 N–H and O–H groups in total. The number of nitro groups is 1. The van der Waals surface area contributed by atoms with Crippen molar-refractivity contribution in [2.75, 3.05) is 0 Å². The minimum Gasteiger partial charge on any atom is -0.449 e. The first-order valence-corrected chi connectivity index (χ1v) is 6.33. The van der Waals surface area contributed by atoms with Crippen LogP contribution in [0.15, 0.2) is 36.4 Å². The lowest BCUT2D eigenvalue weighted by Crippen LogP contribution is -2.12. The van der Waals surface area contributed by atoms with Crippen LogP contribution in [0.1, 0.15) is 11.1 Å². The lowest BCUT2D eigenvalue weighted by Gasteiger charge is -2.10. The minimum atomic E-state index is -0.558. The summed E-state index contributed by atoms with van der Waals surface area (Å²) in [5.41, 5.74) is 6.54. The Balaban J connectivity index is 2.41. The van der Waals surface area contributed by atoms with Gasteiger partial charge in [0.15, 0.2) is 0 Å². The highest BCUT2D eigenvalue weighted by molar-refractivity contribution is 6.32. The van der Waals surface area contributed by atoms with Crippen LogP contribution in [-0.2, 0) is 0 Å². The van der Waals surface area contributed by atoms with Gasteiger partial charge in [-0.3, -0.25) is 15.5 Å². The predicted octanol–water partition coefficient (Wildman–Crippen LogP) is 3.63. The summed E-state index contributed by atoms with van der Waals surface area (Å²) in [6, 6.07) is 9.16. The highest BCUT2D eigenvalue weighted by Crippen LogP contribution is 2.38. The topological polar surface area (TPSA) is 102 Å². The van der Waals surface area contributed by atoms with Crippen LogP contribution in [0.25, 0.3) is 0 Å². The molecule has 0 heterocycles. The first-order chi connectivity index (χ1) is 9.90. The molecule has 0 aromatic heterocycles. The number of nitrogens with one attached hydrogen (secondary N) is 1. The SMILES string of the molecule is Cc1cc(Oc2c(Cl)cccc2[N+](=O)[O-])ccc1C(=N)N. The van der Waals surface area contributed by atoms with Gasteiger partial charge in [0.25, 0.3) is 0 Å². The van der Waals surface area contributed by atoms with Crippen molar-refractivity contribution < 1.29 is 9.66 Å². The van der Waals surface area contributed by atoms with E-state index in [2.05, 4.69) is 0 Å². The van der Waals surface area contributed by atoms with Gasteiger partial charge in [-0.05, 0) is 36.8 Å². The van der Waals surface area contributed by atoms with E-state index in [1.807, 2.05) is 0 Å². The summed E-state index contributed by atoms with van der Waals surface area (Å²) < 4.78 is 5.53. The maximum absolute atomic E-state index is 11.0. The number of nitrogen functional groups attached to an aromatic ring is 1. The van der Waals surface area contributed by atoms with Gasteiger partial charge < -0.3 is 10.5 Å². The van der Waals surface area contributed by atoms with Crippen molar-refractivity contribution in [3.05, 3.63) is 62.7 Å². The van der Waals surface area contributed by atoms with E-state index in [9.17, 15) is 10.1 Å². The molecule has 0 atom stereocenters. The Labute approximate surface area is 125 Å². The summed E-state index contributed by atoms with van der Waals surface area (Å²) in [7, 11) is 0. The average molecular weight is 306 g/mol. The second-order valence-corrected chi connectivity index (χ2v) is 4.74. The van der Waals surface area contributed by atoms with E-state index in [0.29, 0.717) is 11.3 Å². The molecule has 2 rings (SSSR count). The molecule has 0 amide bonds. The number of aryl methyl sites for hydroxylation is 1. The maximum atomic E-state index is 11.0. The fraction of sp³-hybridized carbons (Fsp3) is 0.0714. The second-order valence-electron chi connectivity index (χ2n) is 4.34. The summed E-state index contributed by atoms with van der Waals surface area (Å²) in [5, 5.41) is 18.6. The van der Waals surface area contributed by atoms with Crippen molar-refractivity contribution >= 4 is 23.1 Å². The number of amidine groups is 1. The van der Waals surface area contributed by atoms with Crippen LogP contribution >= 0.6 is 11.6 Å². The molecule has 21 heavy (non-hydrogen) atoms. The number of benzene rings is 2. The molecule has 0 saturated carbocycles. The lowest BCUT2D eigenvalue weighted by molar-refractivity contribution is -0.385. The van der Waals surface area contributed by atoms with Crippen molar-refractivity contribution in [1.82, 2.24) is 0 Å². The third kappa shape index (κ3) is 3.11. The van der Waals surface area contributed by atoms with Gasteiger partial charge in [0.05, 0.1) is 9.95 Å².